The van der Waals surface area contributed by atoms with Crippen LogP contribution in [0.5, 0.6) is 0 Å². The van der Waals surface area contributed by atoms with Crippen molar-refractivity contribution in [1.29, 1.82) is 0 Å². The second-order valence-electron chi connectivity index (χ2n) is 8.27. The highest BCUT2D eigenvalue weighted by Gasteiger charge is 2.46. The number of carbonyl (C=O) groups excluding carboxylic acids is 1. The van der Waals surface area contributed by atoms with E-state index >= 15 is 0 Å². The van der Waals surface area contributed by atoms with Crippen molar-refractivity contribution in [3.05, 3.63) is 53.5 Å². The molecule has 2 aliphatic heterocycles. The molecule has 142 valence electrons. The van der Waals surface area contributed by atoms with Gasteiger partial charge in [-0.1, -0.05) is 24.3 Å². The summed E-state index contributed by atoms with van der Waals surface area (Å²) in [6.07, 6.45) is 6.06. The van der Waals surface area contributed by atoms with Crippen LogP contribution in [-0.2, 0) is 17.8 Å². The summed E-state index contributed by atoms with van der Waals surface area (Å²) in [6, 6.07) is 8.77. The summed E-state index contributed by atoms with van der Waals surface area (Å²) >= 11 is 0. The summed E-state index contributed by atoms with van der Waals surface area (Å²) in [5.41, 5.74) is 3.43. The Morgan fingerprint density at radius 3 is 2.48 bits per heavy atom. The van der Waals surface area contributed by atoms with Gasteiger partial charge >= 0.3 is 0 Å². The molecule has 4 rings (SSSR count). The molecule has 1 saturated heterocycles. The van der Waals surface area contributed by atoms with Crippen molar-refractivity contribution in [3.63, 3.8) is 0 Å². The molecule has 5 heteroatoms. The molecule has 0 atom stereocenters. The molecule has 0 radical (unpaired) electrons. The third-order valence-electron chi connectivity index (χ3n) is 6.21. The molecule has 5 nitrogen and oxygen atoms in total. The van der Waals surface area contributed by atoms with Gasteiger partial charge < -0.3 is 9.80 Å². The normalized spacial score (nSPS) is 19.3. The second kappa shape index (κ2) is 6.95. The van der Waals surface area contributed by atoms with Crippen molar-refractivity contribution in [3.8, 4) is 0 Å². The zero-order chi connectivity index (χ0) is 19.0. The number of piperidine rings is 1. The predicted octanol–water partition coefficient (Wildman–Crippen LogP) is 3.36. The van der Waals surface area contributed by atoms with E-state index in [2.05, 4.69) is 57.9 Å². The number of carbonyl (C=O) groups is 1. The molecule has 3 heterocycles. The van der Waals surface area contributed by atoms with Crippen molar-refractivity contribution in [2.75, 3.05) is 18.0 Å². The molecule has 2 aliphatic rings. The first-order valence-corrected chi connectivity index (χ1v) is 9.89. The van der Waals surface area contributed by atoms with E-state index in [0.717, 1.165) is 50.3 Å². The average molecular weight is 364 g/mol. The number of hydrogen-bond acceptors (Lipinski definition) is 4. The quantitative estimate of drug-likeness (QED) is 0.820. The van der Waals surface area contributed by atoms with Crippen LogP contribution in [0.3, 0.4) is 0 Å². The first-order chi connectivity index (χ1) is 13.0. The Balaban J connectivity index is 1.64. The number of aryl methyl sites for hydroxylation is 1. The van der Waals surface area contributed by atoms with Gasteiger partial charge in [-0.15, -0.1) is 0 Å². The molecule has 27 heavy (non-hydrogen) atoms. The van der Waals surface area contributed by atoms with Crippen LogP contribution in [0.1, 0.15) is 43.4 Å². The Morgan fingerprint density at radius 1 is 1.11 bits per heavy atom. The molecule has 0 aliphatic carbocycles. The molecule has 0 unspecified atom stereocenters. The van der Waals surface area contributed by atoms with Crippen molar-refractivity contribution in [1.82, 2.24) is 14.9 Å². The number of amides is 1. The zero-order valence-corrected chi connectivity index (χ0v) is 16.5. The molecule has 0 bridgehead atoms. The SMILES string of the molecule is Cc1cncnc1N1CCC2(CC1)Cc1ccccc1CN(C(C)C)C2=O. The summed E-state index contributed by atoms with van der Waals surface area (Å²) in [4.78, 5) is 26.6. The minimum absolute atomic E-state index is 0.211. The Kier molecular flexibility index (Phi) is 4.62. The van der Waals surface area contributed by atoms with Crippen LogP contribution in [-0.4, -0.2) is 39.9 Å². The summed E-state index contributed by atoms with van der Waals surface area (Å²) < 4.78 is 0. The van der Waals surface area contributed by atoms with E-state index in [1.165, 1.54) is 11.1 Å². The van der Waals surface area contributed by atoms with Crippen molar-refractivity contribution in [2.45, 2.75) is 52.6 Å². The van der Waals surface area contributed by atoms with Gasteiger partial charge in [-0.05, 0) is 51.2 Å². The summed E-state index contributed by atoms with van der Waals surface area (Å²) in [6.45, 7) is 8.74. The van der Waals surface area contributed by atoms with Gasteiger partial charge in [-0.25, -0.2) is 9.97 Å². The van der Waals surface area contributed by atoms with Gasteiger partial charge in [0.15, 0.2) is 0 Å². The number of benzene rings is 1. The van der Waals surface area contributed by atoms with Gasteiger partial charge in [-0.3, -0.25) is 4.79 Å². The highest BCUT2D eigenvalue weighted by Crippen LogP contribution is 2.42. The van der Waals surface area contributed by atoms with Crippen molar-refractivity contribution in [2.24, 2.45) is 5.41 Å². The van der Waals surface area contributed by atoms with Crippen LogP contribution >= 0.6 is 0 Å². The van der Waals surface area contributed by atoms with Crippen LogP contribution in [0.2, 0.25) is 0 Å². The third-order valence-corrected chi connectivity index (χ3v) is 6.21. The summed E-state index contributed by atoms with van der Waals surface area (Å²) in [7, 11) is 0. The van der Waals surface area contributed by atoms with Gasteiger partial charge in [0.2, 0.25) is 5.91 Å². The summed E-state index contributed by atoms with van der Waals surface area (Å²) in [5, 5.41) is 0. The van der Waals surface area contributed by atoms with Crippen LogP contribution in [0.4, 0.5) is 5.82 Å². The summed E-state index contributed by atoms with van der Waals surface area (Å²) in [5.74, 6) is 1.33. The van der Waals surface area contributed by atoms with E-state index in [4.69, 9.17) is 0 Å². The van der Waals surface area contributed by atoms with Gasteiger partial charge in [-0.2, -0.15) is 0 Å². The smallest absolute Gasteiger partial charge is 0.229 e. The monoisotopic (exact) mass is 364 g/mol. The maximum absolute atomic E-state index is 13.6. The van der Waals surface area contributed by atoms with Gasteiger partial charge in [0.05, 0.1) is 5.41 Å². The van der Waals surface area contributed by atoms with Gasteiger partial charge in [0.25, 0.3) is 0 Å². The topological polar surface area (TPSA) is 49.3 Å². The molecule has 1 spiro atoms. The highest BCUT2D eigenvalue weighted by molar-refractivity contribution is 5.84. The zero-order valence-electron chi connectivity index (χ0n) is 16.5. The molecular formula is C22H28N4O. The van der Waals surface area contributed by atoms with Crippen LogP contribution in [0.25, 0.3) is 0 Å². The molecule has 1 aromatic heterocycles. The van der Waals surface area contributed by atoms with Crippen molar-refractivity contribution < 1.29 is 4.79 Å². The van der Waals surface area contributed by atoms with Crippen molar-refractivity contribution >= 4 is 11.7 Å². The fourth-order valence-corrected chi connectivity index (χ4v) is 4.56. The Labute approximate surface area is 161 Å². The average Bonchev–Trinajstić information content (AvgIpc) is 2.79. The highest BCUT2D eigenvalue weighted by atomic mass is 16.2. The van der Waals surface area contributed by atoms with Gasteiger partial charge in [0.1, 0.15) is 12.1 Å². The lowest BCUT2D eigenvalue weighted by atomic mass is 9.72. The molecule has 1 aromatic carbocycles. The van der Waals surface area contributed by atoms with E-state index in [1.807, 2.05) is 13.1 Å². The predicted molar refractivity (Wildman–Crippen MR) is 106 cm³/mol. The van der Waals surface area contributed by atoms with E-state index < -0.39 is 0 Å². The molecule has 2 aromatic rings. The minimum atomic E-state index is -0.297. The number of aromatic nitrogens is 2. The standard InChI is InChI=1S/C22H28N4O/c1-16(2)26-14-19-7-5-4-6-18(19)12-22(21(26)27)8-10-25(11-9-22)20-17(3)13-23-15-24-20/h4-7,13,15-16H,8-12,14H2,1-3H3. The fourth-order valence-electron chi connectivity index (χ4n) is 4.56. The lowest BCUT2D eigenvalue weighted by Crippen LogP contribution is -2.51. The minimum Gasteiger partial charge on any atom is -0.356 e. The molecule has 1 fully saturated rings. The van der Waals surface area contributed by atoms with Crippen LogP contribution in [0, 0.1) is 12.3 Å². The number of nitrogens with zero attached hydrogens (tertiary/aromatic N) is 4. The Hall–Kier alpha value is -2.43. The maximum Gasteiger partial charge on any atom is 0.229 e. The largest absolute Gasteiger partial charge is 0.356 e. The molecule has 1 amide bonds. The second-order valence-corrected chi connectivity index (χ2v) is 8.27. The fraction of sp³-hybridized carbons (Fsp3) is 0.500. The van der Waals surface area contributed by atoms with E-state index in [-0.39, 0.29) is 11.5 Å². The third kappa shape index (κ3) is 3.20. The Morgan fingerprint density at radius 2 is 1.81 bits per heavy atom. The van der Waals surface area contributed by atoms with Crippen LogP contribution in [0.15, 0.2) is 36.8 Å². The number of rotatable bonds is 2. The molecule has 0 N–H and O–H groups in total. The van der Waals surface area contributed by atoms with Crippen LogP contribution < -0.4 is 4.90 Å². The van der Waals surface area contributed by atoms with E-state index in [9.17, 15) is 4.79 Å². The first kappa shape index (κ1) is 18.0. The molecular weight excluding hydrogens is 336 g/mol. The first-order valence-electron chi connectivity index (χ1n) is 9.89. The molecule has 0 saturated carbocycles. The number of fused-ring (bicyclic) bond motifs is 1. The van der Waals surface area contributed by atoms with Gasteiger partial charge in [0, 0.05) is 37.4 Å². The Bertz CT molecular complexity index is 840. The van der Waals surface area contributed by atoms with E-state index in [1.54, 1.807) is 6.33 Å². The van der Waals surface area contributed by atoms with E-state index in [0.29, 0.717) is 5.91 Å². The number of anilines is 1. The number of hydrogen-bond donors (Lipinski definition) is 0. The lowest BCUT2D eigenvalue weighted by Gasteiger charge is -2.43. The lowest BCUT2D eigenvalue weighted by molar-refractivity contribution is -0.145. The maximum atomic E-state index is 13.6.